The van der Waals surface area contributed by atoms with Crippen LogP contribution in [0.2, 0.25) is 0 Å². The van der Waals surface area contributed by atoms with Crippen LogP contribution in [-0.4, -0.2) is 33.3 Å². The van der Waals surface area contributed by atoms with Crippen LogP contribution in [0.3, 0.4) is 0 Å². The van der Waals surface area contributed by atoms with Gasteiger partial charge in [0.1, 0.15) is 17.3 Å². The van der Waals surface area contributed by atoms with Crippen molar-refractivity contribution < 1.29 is 23.8 Å². The first-order valence-electron chi connectivity index (χ1n) is 11.1. The number of likely N-dealkylation sites (tertiary alicyclic amines) is 1. The van der Waals surface area contributed by atoms with Gasteiger partial charge in [-0.25, -0.2) is 4.39 Å². The van der Waals surface area contributed by atoms with Gasteiger partial charge in [0.05, 0.1) is 18.2 Å². The molecule has 34 heavy (non-hydrogen) atoms. The molecule has 1 fully saturated rings. The lowest BCUT2D eigenvalue weighted by Gasteiger charge is -2.25. The second kappa shape index (κ2) is 9.87. The highest BCUT2D eigenvalue weighted by Crippen LogP contribution is 2.40. The third-order valence-electron chi connectivity index (χ3n) is 5.73. The van der Waals surface area contributed by atoms with Gasteiger partial charge in [-0.2, -0.15) is 0 Å². The Balaban J connectivity index is 1.82. The van der Waals surface area contributed by atoms with Gasteiger partial charge in [0.25, 0.3) is 11.7 Å². The van der Waals surface area contributed by atoms with Crippen molar-refractivity contribution >= 4 is 17.4 Å². The van der Waals surface area contributed by atoms with Gasteiger partial charge >= 0.3 is 0 Å². The van der Waals surface area contributed by atoms with E-state index < -0.39 is 29.3 Å². The van der Waals surface area contributed by atoms with E-state index in [2.05, 4.69) is 4.98 Å². The van der Waals surface area contributed by atoms with Crippen molar-refractivity contribution in [3.8, 4) is 5.75 Å². The van der Waals surface area contributed by atoms with Crippen LogP contribution in [0, 0.1) is 12.7 Å². The predicted molar refractivity (Wildman–Crippen MR) is 125 cm³/mol. The number of aliphatic hydroxyl groups is 1. The molecule has 0 bridgehead atoms. The number of benzene rings is 2. The second-order valence-corrected chi connectivity index (χ2v) is 8.17. The van der Waals surface area contributed by atoms with Gasteiger partial charge in [0.15, 0.2) is 0 Å². The number of hydrogen-bond acceptors (Lipinski definition) is 5. The number of aliphatic hydroxyl groups excluding tert-OH is 1. The van der Waals surface area contributed by atoms with E-state index in [1.54, 1.807) is 55.7 Å². The first kappa shape index (κ1) is 23.2. The molecule has 1 saturated heterocycles. The number of aryl methyl sites for hydroxylation is 1. The van der Waals surface area contributed by atoms with Crippen LogP contribution in [0.4, 0.5) is 4.39 Å². The Labute approximate surface area is 197 Å². The molecule has 1 aliphatic rings. The fourth-order valence-corrected chi connectivity index (χ4v) is 3.94. The average molecular weight is 461 g/mol. The zero-order valence-corrected chi connectivity index (χ0v) is 19.0. The highest BCUT2D eigenvalue weighted by molar-refractivity contribution is 6.46. The zero-order chi connectivity index (χ0) is 24.2. The van der Waals surface area contributed by atoms with Gasteiger partial charge in [-0.15, -0.1) is 0 Å². The van der Waals surface area contributed by atoms with Crippen LogP contribution < -0.4 is 4.74 Å². The number of nitrogens with zero attached hydrogens (tertiary/aromatic N) is 2. The van der Waals surface area contributed by atoms with Crippen molar-refractivity contribution in [1.29, 1.82) is 0 Å². The van der Waals surface area contributed by atoms with Crippen LogP contribution in [-0.2, 0) is 16.1 Å². The summed E-state index contributed by atoms with van der Waals surface area (Å²) in [5.74, 6) is -1.83. The molecule has 1 aromatic heterocycles. The molecule has 6 nitrogen and oxygen atoms in total. The van der Waals surface area contributed by atoms with Crippen molar-refractivity contribution in [3.63, 3.8) is 0 Å². The summed E-state index contributed by atoms with van der Waals surface area (Å²) in [5.41, 5.74) is 1.82. The molecule has 2 aromatic carbocycles. The van der Waals surface area contributed by atoms with Gasteiger partial charge in [-0.3, -0.25) is 14.6 Å². The molecule has 0 aliphatic carbocycles. The molecule has 2 heterocycles. The molecule has 0 saturated carbocycles. The van der Waals surface area contributed by atoms with Gasteiger partial charge in [0.2, 0.25) is 0 Å². The van der Waals surface area contributed by atoms with E-state index in [-0.39, 0.29) is 17.7 Å². The van der Waals surface area contributed by atoms with Crippen molar-refractivity contribution in [3.05, 3.63) is 101 Å². The summed E-state index contributed by atoms with van der Waals surface area (Å²) in [6.45, 7) is 4.30. The standard InChI is InChI=1S/C27H25FN2O4/c1-3-13-34-21-10-8-19(9-11-21)24-23(25(31)20-7-6-17(2)22(28)14-20)26(32)27(33)30(24)16-18-5-4-12-29-15-18/h4-12,14-15,24,31H,3,13,16H2,1-2H3. The number of rotatable bonds is 7. The maximum atomic E-state index is 14.2. The number of ether oxygens (including phenoxy) is 1. The third kappa shape index (κ3) is 4.55. The summed E-state index contributed by atoms with van der Waals surface area (Å²) in [4.78, 5) is 31.7. The first-order chi connectivity index (χ1) is 16.4. The number of carbonyl (C=O) groups excluding carboxylic acids is 2. The minimum atomic E-state index is -0.857. The van der Waals surface area contributed by atoms with Crippen molar-refractivity contribution in [2.45, 2.75) is 32.9 Å². The van der Waals surface area contributed by atoms with Gasteiger partial charge in [0, 0.05) is 24.5 Å². The van der Waals surface area contributed by atoms with Gasteiger partial charge in [-0.1, -0.05) is 37.3 Å². The molecule has 174 valence electrons. The Hall–Kier alpha value is -4.00. The number of amides is 1. The quantitative estimate of drug-likeness (QED) is 0.307. The molecule has 1 amide bonds. The zero-order valence-electron chi connectivity index (χ0n) is 19.0. The Bertz CT molecular complexity index is 1240. The molecule has 1 N–H and O–H groups in total. The predicted octanol–water partition coefficient (Wildman–Crippen LogP) is 4.94. The highest BCUT2D eigenvalue weighted by Gasteiger charge is 2.46. The molecule has 3 aromatic rings. The Morgan fingerprint density at radius 1 is 1.15 bits per heavy atom. The SMILES string of the molecule is CCCOc1ccc(C2C(=C(O)c3ccc(C)c(F)c3)C(=O)C(=O)N2Cc2cccnc2)cc1. The lowest BCUT2D eigenvalue weighted by Crippen LogP contribution is -2.29. The van der Waals surface area contributed by atoms with E-state index in [0.717, 1.165) is 18.1 Å². The maximum Gasteiger partial charge on any atom is 0.295 e. The van der Waals surface area contributed by atoms with Crippen molar-refractivity contribution in [2.75, 3.05) is 6.61 Å². The average Bonchev–Trinajstić information content (AvgIpc) is 3.10. The van der Waals surface area contributed by atoms with E-state index in [0.29, 0.717) is 23.5 Å². The lowest BCUT2D eigenvalue weighted by atomic mass is 9.94. The van der Waals surface area contributed by atoms with Gasteiger partial charge < -0.3 is 14.7 Å². The number of hydrogen-bond donors (Lipinski definition) is 1. The molecule has 4 rings (SSSR count). The minimum absolute atomic E-state index is 0.0839. The van der Waals surface area contributed by atoms with E-state index in [1.807, 2.05) is 6.92 Å². The summed E-state index contributed by atoms with van der Waals surface area (Å²) in [5, 5.41) is 11.1. The molecule has 1 aliphatic heterocycles. The monoisotopic (exact) mass is 460 g/mol. The summed E-state index contributed by atoms with van der Waals surface area (Å²) >= 11 is 0. The van der Waals surface area contributed by atoms with Crippen LogP contribution >= 0.6 is 0 Å². The smallest absolute Gasteiger partial charge is 0.295 e. The number of halogens is 1. The van der Waals surface area contributed by atoms with Crippen molar-refractivity contribution in [2.24, 2.45) is 0 Å². The lowest BCUT2D eigenvalue weighted by molar-refractivity contribution is -0.140. The molecule has 0 spiro atoms. The Kier molecular flexibility index (Phi) is 6.72. The Morgan fingerprint density at radius 3 is 2.56 bits per heavy atom. The number of pyridine rings is 1. The number of aromatic nitrogens is 1. The maximum absolute atomic E-state index is 14.2. The van der Waals surface area contributed by atoms with E-state index in [4.69, 9.17) is 4.74 Å². The van der Waals surface area contributed by atoms with Crippen LogP contribution in [0.1, 0.15) is 41.6 Å². The first-order valence-corrected chi connectivity index (χ1v) is 11.1. The molecule has 1 unspecified atom stereocenters. The normalized spacial score (nSPS) is 17.3. The molecule has 0 radical (unpaired) electrons. The molecule has 7 heteroatoms. The van der Waals surface area contributed by atoms with Crippen LogP contribution in [0.25, 0.3) is 5.76 Å². The van der Waals surface area contributed by atoms with E-state index in [9.17, 15) is 19.1 Å². The topological polar surface area (TPSA) is 79.7 Å². The second-order valence-electron chi connectivity index (χ2n) is 8.17. The fourth-order valence-electron chi connectivity index (χ4n) is 3.94. The Morgan fingerprint density at radius 2 is 1.91 bits per heavy atom. The third-order valence-corrected chi connectivity index (χ3v) is 5.73. The summed E-state index contributed by atoms with van der Waals surface area (Å²) in [7, 11) is 0. The minimum Gasteiger partial charge on any atom is -0.507 e. The summed E-state index contributed by atoms with van der Waals surface area (Å²) in [6, 6.07) is 14.0. The van der Waals surface area contributed by atoms with Crippen LogP contribution in [0.15, 0.2) is 72.6 Å². The largest absolute Gasteiger partial charge is 0.507 e. The summed E-state index contributed by atoms with van der Waals surface area (Å²) < 4.78 is 19.9. The van der Waals surface area contributed by atoms with Crippen LogP contribution in [0.5, 0.6) is 5.75 Å². The van der Waals surface area contributed by atoms with Crippen molar-refractivity contribution in [1.82, 2.24) is 9.88 Å². The van der Waals surface area contributed by atoms with E-state index in [1.165, 1.54) is 17.0 Å². The van der Waals surface area contributed by atoms with E-state index >= 15 is 0 Å². The number of carbonyl (C=O) groups is 2. The number of Topliss-reactive ketones (excluding diaryl/α,β-unsaturated/α-hetero) is 1. The molecule has 1 atom stereocenters. The number of ketones is 1. The van der Waals surface area contributed by atoms with Gasteiger partial charge in [-0.05, 0) is 54.3 Å². The fraction of sp³-hybridized carbons (Fsp3) is 0.222. The highest BCUT2D eigenvalue weighted by atomic mass is 19.1. The molecular weight excluding hydrogens is 435 g/mol. The molecular formula is C27H25FN2O4. The summed E-state index contributed by atoms with van der Waals surface area (Å²) in [6.07, 6.45) is 4.10.